The van der Waals surface area contributed by atoms with Gasteiger partial charge in [-0.1, -0.05) is 0 Å². The summed E-state index contributed by atoms with van der Waals surface area (Å²) >= 11 is 0. The lowest BCUT2D eigenvalue weighted by molar-refractivity contribution is -0.141. The molecule has 0 spiro atoms. The maximum absolute atomic E-state index is 12.6. The molecule has 0 bridgehead atoms. The molecular weight excluding hydrogens is 359 g/mol. The summed E-state index contributed by atoms with van der Waals surface area (Å²) in [5.41, 5.74) is 0.428. The van der Waals surface area contributed by atoms with Crippen LogP contribution in [0, 0.1) is 0 Å². The molecule has 1 amide bonds. The molecule has 6 nitrogen and oxygen atoms in total. The molecule has 2 N–H and O–H groups in total. The summed E-state index contributed by atoms with van der Waals surface area (Å²) in [5.74, 6) is -0.100. The standard InChI is InChI=1S/C18H20F3N5O/c1-17(2)6-5-13(26-17)16(27)23-9-12-7-14(25-10-24-12)11-3-4-15(22-8-11)18(19,20)21/h3-4,7-8,10,13,26H,5-6,9H2,1-2H3,(H,23,27)/t13-/m0/s1. The van der Waals surface area contributed by atoms with Crippen LogP contribution in [0.3, 0.4) is 0 Å². The first-order valence-corrected chi connectivity index (χ1v) is 8.54. The molecule has 0 saturated carbocycles. The number of hydrogen-bond acceptors (Lipinski definition) is 5. The highest BCUT2D eigenvalue weighted by molar-refractivity contribution is 5.82. The van der Waals surface area contributed by atoms with E-state index in [1.54, 1.807) is 6.07 Å². The Hall–Kier alpha value is -2.55. The predicted molar refractivity (Wildman–Crippen MR) is 92.3 cm³/mol. The summed E-state index contributed by atoms with van der Waals surface area (Å²) in [6.45, 7) is 4.31. The van der Waals surface area contributed by atoms with E-state index in [9.17, 15) is 18.0 Å². The van der Waals surface area contributed by atoms with Gasteiger partial charge in [0.1, 0.15) is 12.0 Å². The summed E-state index contributed by atoms with van der Waals surface area (Å²) in [7, 11) is 0. The molecule has 1 saturated heterocycles. The van der Waals surface area contributed by atoms with Crippen molar-refractivity contribution >= 4 is 5.91 Å². The molecule has 1 aliphatic heterocycles. The smallest absolute Gasteiger partial charge is 0.349 e. The minimum atomic E-state index is -4.48. The van der Waals surface area contributed by atoms with Gasteiger partial charge in [-0.15, -0.1) is 0 Å². The van der Waals surface area contributed by atoms with Gasteiger partial charge in [0, 0.05) is 17.3 Å². The SMILES string of the molecule is CC1(C)CC[C@@H](C(=O)NCc2cc(-c3ccc(C(F)(F)F)nc3)ncn2)N1. The predicted octanol–water partition coefficient (Wildman–Crippen LogP) is 2.70. The molecule has 0 aliphatic carbocycles. The monoisotopic (exact) mass is 379 g/mol. The van der Waals surface area contributed by atoms with Crippen molar-refractivity contribution in [1.82, 2.24) is 25.6 Å². The number of hydrogen-bond donors (Lipinski definition) is 2. The minimum absolute atomic E-state index is 0.0559. The number of pyridine rings is 1. The van der Waals surface area contributed by atoms with Crippen molar-refractivity contribution in [2.45, 2.75) is 51.0 Å². The van der Waals surface area contributed by atoms with Crippen molar-refractivity contribution in [1.29, 1.82) is 0 Å². The Kier molecular flexibility index (Phi) is 5.14. The van der Waals surface area contributed by atoms with Crippen LogP contribution in [0.25, 0.3) is 11.3 Å². The minimum Gasteiger partial charge on any atom is -0.349 e. The summed E-state index contributed by atoms with van der Waals surface area (Å²) in [5, 5.41) is 6.11. The molecule has 27 heavy (non-hydrogen) atoms. The van der Waals surface area contributed by atoms with Gasteiger partial charge in [0.2, 0.25) is 5.91 Å². The molecule has 9 heteroatoms. The van der Waals surface area contributed by atoms with Crippen molar-refractivity contribution < 1.29 is 18.0 Å². The Bertz CT molecular complexity index is 820. The number of carbonyl (C=O) groups is 1. The average molecular weight is 379 g/mol. The lowest BCUT2D eigenvalue weighted by Crippen LogP contribution is -2.45. The molecule has 2 aromatic rings. The first-order valence-electron chi connectivity index (χ1n) is 8.54. The van der Waals surface area contributed by atoms with E-state index in [-0.39, 0.29) is 24.0 Å². The van der Waals surface area contributed by atoms with Crippen LogP contribution in [-0.2, 0) is 17.5 Å². The first-order chi connectivity index (χ1) is 12.6. The summed E-state index contributed by atoms with van der Waals surface area (Å²) in [6, 6.07) is 3.61. The van der Waals surface area contributed by atoms with Crippen molar-refractivity contribution in [3.63, 3.8) is 0 Å². The molecular formula is C18H20F3N5O. The number of alkyl halides is 3. The Morgan fingerprint density at radius 2 is 2.07 bits per heavy atom. The molecule has 3 rings (SSSR count). The number of aromatic nitrogens is 3. The normalized spacial score (nSPS) is 19.1. The number of amides is 1. The number of nitrogens with zero attached hydrogens (tertiary/aromatic N) is 3. The Morgan fingerprint density at radius 1 is 1.30 bits per heavy atom. The van der Waals surface area contributed by atoms with E-state index in [1.165, 1.54) is 12.4 Å². The summed E-state index contributed by atoms with van der Waals surface area (Å²) in [6.07, 6.45) is -0.360. The van der Waals surface area contributed by atoms with E-state index < -0.39 is 11.9 Å². The van der Waals surface area contributed by atoms with Gasteiger partial charge in [-0.25, -0.2) is 9.97 Å². The Labute approximate surface area is 154 Å². The van der Waals surface area contributed by atoms with Crippen molar-refractivity contribution in [3.05, 3.63) is 42.1 Å². The van der Waals surface area contributed by atoms with E-state index in [2.05, 4.69) is 39.4 Å². The highest BCUT2D eigenvalue weighted by Crippen LogP contribution is 2.28. The summed E-state index contributed by atoms with van der Waals surface area (Å²) < 4.78 is 37.8. The van der Waals surface area contributed by atoms with Crippen LogP contribution in [0.1, 0.15) is 38.1 Å². The fraction of sp³-hybridized carbons (Fsp3) is 0.444. The third kappa shape index (κ3) is 4.79. The fourth-order valence-electron chi connectivity index (χ4n) is 2.98. The highest BCUT2D eigenvalue weighted by Gasteiger charge is 2.34. The van der Waals surface area contributed by atoms with E-state index in [0.29, 0.717) is 17.0 Å². The van der Waals surface area contributed by atoms with E-state index in [1.807, 2.05) is 0 Å². The lowest BCUT2D eigenvalue weighted by Gasteiger charge is -2.19. The second kappa shape index (κ2) is 7.22. The highest BCUT2D eigenvalue weighted by atomic mass is 19.4. The second-order valence-electron chi connectivity index (χ2n) is 7.16. The maximum Gasteiger partial charge on any atom is 0.433 e. The molecule has 0 unspecified atom stereocenters. The van der Waals surface area contributed by atoms with Gasteiger partial charge >= 0.3 is 6.18 Å². The zero-order chi connectivity index (χ0) is 19.7. The summed E-state index contributed by atoms with van der Waals surface area (Å²) in [4.78, 5) is 23.9. The van der Waals surface area contributed by atoms with Gasteiger partial charge in [0.05, 0.1) is 24.0 Å². The van der Waals surface area contributed by atoms with Crippen molar-refractivity contribution in [2.24, 2.45) is 0 Å². The van der Waals surface area contributed by atoms with Gasteiger partial charge in [-0.05, 0) is 44.9 Å². The van der Waals surface area contributed by atoms with Crippen molar-refractivity contribution in [3.8, 4) is 11.3 Å². The zero-order valence-corrected chi connectivity index (χ0v) is 15.0. The Balaban J connectivity index is 1.65. The molecule has 1 fully saturated rings. The molecule has 3 heterocycles. The first kappa shape index (κ1) is 19.2. The van der Waals surface area contributed by atoms with Crippen LogP contribution >= 0.6 is 0 Å². The molecule has 2 aromatic heterocycles. The van der Waals surface area contributed by atoms with Crippen molar-refractivity contribution in [2.75, 3.05) is 0 Å². The number of halogens is 3. The van der Waals surface area contributed by atoms with Crippen LogP contribution in [0.15, 0.2) is 30.7 Å². The zero-order valence-electron chi connectivity index (χ0n) is 15.0. The Morgan fingerprint density at radius 3 is 2.67 bits per heavy atom. The quantitative estimate of drug-likeness (QED) is 0.854. The van der Waals surface area contributed by atoms with E-state index in [0.717, 1.165) is 25.1 Å². The molecule has 0 aromatic carbocycles. The maximum atomic E-state index is 12.6. The fourth-order valence-corrected chi connectivity index (χ4v) is 2.98. The van der Waals surface area contributed by atoms with Gasteiger partial charge in [0.15, 0.2) is 0 Å². The van der Waals surface area contributed by atoms with Gasteiger partial charge < -0.3 is 10.6 Å². The molecule has 144 valence electrons. The van der Waals surface area contributed by atoms with E-state index >= 15 is 0 Å². The third-order valence-electron chi connectivity index (χ3n) is 4.46. The van der Waals surface area contributed by atoms with Crippen LogP contribution in [-0.4, -0.2) is 32.4 Å². The van der Waals surface area contributed by atoms with E-state index in [4.69, 9.17) is 0 Å². The molecule has 1 atom stereocenters. The lowest BCUT2D eigenvalue weighted by atomic mass is 10.0. The molecule has 1 aliphatic rings. The van der Waals surface area contributed by atoms with Crippen LogP contribution < -0.4 is 10.6 Å². The average Bonchev–Trinajstić information content (AvgIpc) is 2.99. The third-order valence-corrected chi connectivity index (χ3v) is 4.46. The van der Waals surface area contributed by atoms with Gasteiger partial charge in [-0.3, -0.25) is 9.78 Å². The second-order valence-corrected chi connectivity index (χ2v) is 7.16. The molecule has 0 radical (unpaired) electrons. The topological polar surface area (TPSA) is 79.8 Å². The largest absolute Gasteiger partial charge is 0.433 e. The number of rotatable bonds is 4. The number of carbonyl (C=O) groups excluding carboxylic acids is 1. The van der Waals surface area contributed by atoms with Crippen LogP contribution in [0.4, 0.5) is 13.2 Å². The number of nitrogens with one attached hydrogen (secondary N) is 2. The van der Waals surface area contributed by atoms with Crippen LogP contribution in [0.2, 0.25) is 0 Å². The van der Waals surface area contributed by atoms with Crippen LogP contribution in [0.5, 0.6) is 0 Å². The van der Waals surface area contributed by atoms with Gasteiger partial charge in [-0.2, -0.15) is 13.2 Å². The van der Waals surface area contributed by atoms with Gasteiger partial charge in [0.25, 0.3) is 0 Å².